The fraction of sp³-hybridized carbons (Fsp3) is 0. The van der Waals surface area contributed by atoms with Gasteiger partial charge in [-0.2, -0.15) is 0 Å². The maximum absolute atomic E-state index is 2.92. The van der Waals surface area contributed by atoms with Gasteiger partial charge >= 0.3 is 0 Å². The second-order valence-electron chi connectivity index (χ2n) is 17.8. The lowest BCUT2D eigenvalue weighted by molar-refractivity contribution is 1.15. The molecule has 8 heterocycles. The predicted octanol–water partition coefficient (Wildman–Crippen LogP) is 4.37. The maximum Gasteiger partial charge on any atom is 0.252 e. The van der Waals surface area contributed by atoms with Crippen molar-refractivity contribution in [2.45, 2.75) is 0 Å². The van der Waals surface area contributed by atoms with Gasteiger partial charge in [-0.15, -0.1) is 0 Å². The fourth-order valence-electron chi connectivity index (χ4n) is 14.2. The zero-order chi connectivity index (χ0) is 37.7. The van der Waals surface area contributed by atoms with E-state index in [2.05, 4.69) is 185 Å². The highest BCUT2D eigenvalue weighted by molar-refractivity contribution is 7.26. The van der Waals surface area contributed by atoms with Crippen LogP contribution < -0.4 is 57.9 Å². The number of hydrogen-bond donors (Lipinski definition) is 0. The third-order valence-electron chi connectivity index (χ3n) is 15.9. The molecular formula is C54H29BN2Si2. The summed E-state index contributed by atoms with van der Waals surface area (Å²) >= 11 is 0. The minimum atomic E-state index is -2.92. The Kier molecular flexibility index (Phi) is 4.57. The fourth-order valence-corrected chi connectivity index (χ4v) is 25.5. The monoisotopic (exact) mass is 772 g/mol. The lowest BCUT2D eigenvalue weighted by Gasteiger charge is -2.47. The van der Waals surface area contributed by atoms with Gasteiger partial charge in [0.25, 0.3) is 6.71 Å². The van der Waals surface area contributed by atoms with Crippen LogP contribution in [0, 0.1) is 0 Å². The van der Waals surface area contributed by atoms with Crippen molar-refractivity contribution in [3.63, 3.8) is 0 Å². The molecule has 0 saturated carbocycles. The zero-order valence-corrected chi connectivity index (χ0v) is 33.7. The molecule has 0 N–H and O–H groups in total. The summed E-state index contributed by atoms with van der Waals surface area (Å²) in [4.78, 5) is 0. The molecule has 0 saturated heterocycles. The highest BCUT2D eigenvalue weighted by Gasteiger charge is 2.60. The van der Waals surface area contributed by atoms with Crippen LogP contribution >= 0.6 is 0 Å². The summed E-state index contributed by atoms with van der Waals surface area (Å²) in [6.45, 7) is 0.110. The second kappa shape index (κ2) is 9.19. The van der Waals surface area contributed by atoms with E-state index in [1.54, 1.807) is 10.4 Å². The van der Waals surface area contributed by atoms with E-state index in [0.29, 0.717) is 0 Å². The number of nitrogens with zero attached hydrogens (tertiary/aromatic N) is 2. The van der Waals surface area contributed by atoms with Crippen molar-refractivity contribution < 1.29 is 0 Å². The van der Waals surface area contributed by atoms with E-state index in [9.17, 15) is 0 Å². The summed E-state index contributed by atoms with van der Waals surface area (Å²) in [6, 6.07) is 70.0. The van der Waals surface area contributed by atoms with Crippen molar-refractivity contribution in [3.05, 3.63) is 176 Å². The third-order valence-corrected chi connectivity index (χ3v) is 25.6. The molecule has 6 aliphatic rings. The Morgan fingerprint density at radius 2 is 0.644 bits per heavy atom. The van der Waals surface area contributed by atoms with E-state index in [1.165, 1.54) is 125 Å². The summed E-state index contributed by atoms with van der Waals surface area (Å²) in [5.74, 6) is 0. The molecule has 2 spiro atoms. The first-order chi connectivity index (χ1) is 29.3. The quantitative estimate of drug-likeness (QED) is 0.203. The minimum Gasteiger partial charge on any atom is -0.310 e. The molecule has 0 unspecified atom stereocenters. The Morgan fingerprint density at radius 1 is 0.305 bits per heavy atom. The van der Waals surface area contributed by atoms with Crippen molar-refractivity contribution in [1.82, 2.24) is 9.13 Å². The van der Waals surface area contributed by atoms with Gasteiger partial charge < -0.3 is 9.13 Å². The molecule has 0 radical (unpaired) electrons. The van der Waals surface area contributed by atoms with Gasteiger partial charge in [-0.1, -0.05) is 176 Å². The number of benzene rings is 9. The van der Waals surface area contributed by atoms with Gasteiger partial charge in [0.15, 0.2) is 16.1 Å². The van der Waals surface area contributed by atoms with E-state index >= 15 is 0 Å². The van der Waals surface area contributed by atoms with E-state index in [1.807, 2.05) is 0 Å². The normalized spacial score (nSPS) is 16.0. The minimum absolute atomic E-state index is 0.110. The number of aromatic nitrogens is 2. The van der Waals surface area contributed by atoms with Crippen LogP contribution in [-0.4, -0.2) is 32.0 Å². The van der Waals surface area contributed by atoms with Crippen molar-refractivity contribution in [2.24, 2.45) is 0 Å². The van der Waals surface area contributed by atoms with Gasteiger partial charge in [0.1, 0.15) is 0 Å². The molecule has 2 nitrogen and oxygen atoms in total. The van der Waals surface area contributed by atoms with Crippen molar-refractivity contribution in [2.75, 3.05) is 0 Å². The topological polar surface area (TPSA) is 9.86 Å². The van der Waals surface area contributed by atoms with E-state index in [0.717, 1.165) is 0 Å². The maximum atomic E-state index is 2.87. The third kappa shape index (κ3) is 2.71. The molecule has 266 valence electrons. The van der Waals surface area contributed by atoms with Crippen LogP contribution in [-0.2, 0) is 0 Å². The summed E-state index contributed by atoms with van der Waals surface area (Å²) in [7, 11) is -5.85. The number of hydrogen-bond acceptors (Lipinski definition) is 0. The molecule has 6 aliphatic heterocycles. The van der Waals surface area contributed by atoms with E-state index in [4.69, 9.17) is 0 Å². The van der Waals surface area contributed by atoms with Crippen LogP contribution in [0.4, 0.5) is 0 Å². The molecule has 0 amide bonds. The average Bonchev–Trinajstić information content (AvgIpc) is 4.00. The molecule has 0 fully saturated rings. The smallest absolute Gasteiger partial charge is 0.252 e. The van der Waals surface area contributed by atoms with Crippen molar-refractivity contribution in [1.29, 1.82) is 0 Å². The Bertz CT molecular complexity index is 3600. The van der Waals surface area contributed by atoms with Crippen LogP contribution in [0.25, 0.3) is 77.2 Å². The molecule has 0 atom stereocenters. The highest BCUT2D eigenvalue weighted by atomic mass is 28.3. The van der Waals surface area contributed by atoms with Crippen molar-refractivity contribution in [3.8, 4) is 33.6 Å². The van der Waals surface area contributed by atoms with Crippen LogP contribution in [0.5, 0.6) is 0 Å². The number of para-hydroxylation sites is 4. The molecule has 17 rings (SSSR count). The first-order valence-corrected chi connectivity index (χ1v) is 25.1. The largest absolute Gasteiger partial charge is 0.310 e. The summed E-state index contributed by atoms with van der Waals surface area (Å²) in [5, 5.41) is 17.9. The highest BCUT2D eigenvalue weighted by Crippen LogP contribution is 2.44. The van der Waals surface area contributed by atoms with Gasteiger partial charge in [-0.3, -0.25) is 0 Å². The Morgan fingerprint density at radius 3 is 1.05 bits per heavy atom. The predicted molar refractivity (Wildman–Crippen MR) is 252 cm³/mol. The molecule has 0 aliphatic carbocycles. The van der Waals surface area contributed by atoms with E-state index < -0.39 is 16.1 Å². The van der Waals surface area contributed by atoms with Gasteiger partial charge in [-0.25, -0.2) is 0 Å². The first kappa shape index (κ1) is 29.3. The number of rotatable bonds is 0. The first-order valence-electron chi connectivity index (χ1n) is 21.1. The lowest BCUT2D eigenvalue weighted by Crippen LogP contribution is -2.81. The Labute approximate surface area is 341 Å². The lowest BCUT2D eigenvalue weighted by atomic mass is 9.34. The van der Waals surface area contributed by atoms with Gasteiger partial charge in [0, 0.05) is 44.0 Å². The number of fused-ring (bicyclic) bond motifs is 18. The molecule has 5 heteroatoms. The van der Waals surface area contributed by atoms with E-state index in [-0.39, 0.29) is 6.71 Å². The van der Waals surface area contributed by atoms with Crippen molar-refractivity contribution >= 4 is 124 Å². The summed E-state index contributed by atoms with van der Waals surface area (Å²) in [6.07, 6.45) is 0. The molecular weight excluding hydrogens is 744 g/mol. The molecule has 2 aromatic heterocycles. The standard InChI is InChI=1S/C54H29BN2Si2/c1-5-23-40-30(13-1)31-14-2-6-24-41(31)58(40)44-27-11-19-36-34-17-9-21-38-49(34)56(51(36)44)53-46(58)29-47-54-48(53)55(38)39-22-10-18-35-37-20-12-28-45(52(37)57(54)50(35)39)59(47)42-25-7-3-15-32(42)33-16-4-8-26-43(33)59/h1-29H. The average molecular weight is 773 g/mol. The second-order valence-corrected chi connectivity index (χ2v) is 25.1. The molecule has 59 heavy (non-hydrogen) atoms. The van der Waals surface area contributed by atoms with Gasteiger partial charge in [0.05, 0.1) is 11.0 Å². The van der Waals surface area contributed by atoms with Gasteiger partial charge in [-0.05, 0) is 80.1 Å². The molecule has 11 aromatic rings. The van der Waals surface area contributed by atoms with Gasteiger partial charge in [0.2, 0.25) is 0 Å². The van der Waals surface area contributed by atoms with Crippen LogP contribution in [0.2, 0.25) is 0 Å². The van der Waals surface area contributed by atoms with Crippen LogP contribution in [0.1, 0.15) is 0 Å². The summed E-state index contributed by atoms with van der Waals surface area (Å²) < 4.78 is 5.57. The zero-order valence-electron chi connectivity index (χ0n) is 31.7. The molecule has 9 aromatic carbocycles. The van der Waals surface area contributed by atoms with Crippen LogP contribution in [0.3, 0.4) is 0 Å². The summed E-state index contributed by atoms with van der Waals surface area (Å²) in [5.41, 5.74) is 18.7. The van der Waals surface area contributed by atoms with Crippen LogP contribution in [0.15, 0.2) is 176 Å². The SMILES string of the molecule is c1ccc2c(c1)-c1ccccc1[Si]21c2cc3c4c5c2-n2c6c(cccc6c6cccc1c62)B5c1cccc2c5cccc(c5n-4c12)[Si]31c2ccccc2-c2ccccc21. The Hall–Kier alpha value is -6.92. The molecule has 0 bridgehead atoms. The Balaban J connectivity index is 1.22.